The average Bonchev–Trinajstić information content (AvgIpc) is 2.87. The molecule has 2 aliphatic rings. The maximum Gasteiger partial charge on any atom is 0.238 e. The predicted octanol–water partition coefficient (Wildman–Crippen LogP) is 1.90. The van der Waals surface area contributed by atoms with Gasteiger partial charge in [-0.1, -0.05) is 0 Å². The molecule has 0 atom stereocenters. The third-order valence-electron chi connectivity index (χ3n) is 5.15. The number of rotatable bonds is 5. The van der Waals surface area contributed by atoms with Crippen molar-refractivity contribution >= 4 is 5.82 Å². The number of anilines is 1. The summed E-state index contributed by atoms with van der Waals surface area (Å²) < 4.78 is 18.9. The molecule has 2 N–H and O–H groups in total. The van der Waals surface area contributed by atoms with Crippen LogP contribution in [0.3, 0.4) is 0 Å². The number of piperidine rings is 1. The SMILES string of the molecule is COc1ncc(-n2nc(OCC3CCNCC3)c3c2NCOCC3)cc1C. The number of nitrogens with zero attached hydrogens (tertiary/aromatic N) is 3. The van der Waals surface area contributed by atoms with Crippen LogP contribution in [0.25, 0.3) is 5.69 Å². The second-order valence-electron chi connectivity index (χ2n) is 7.05. The van der Waals surface area contributed by atoms with Crippen LogP contribution >= 0.6 is 0 Å². The van der Waals surface area contributed by atoms with E-state index in [0.717, 1.165) is 55.0 Å². The van der Waals surface area contributed by atoms with E-state index in [1.165, 1.54) is 0 Å². The Bertz CT molecular complexity index is 786. The van der Waals surface area contributed by atoms with Crippen molar-refractivity contribution in [2.45, 2.75) is 26.2 Å². The summed E-state index contributed by atoms with van der Waals surface area (Å²) in [7, 11) is 1.63. The highest BCUT2D eigenvalue weighted by atomic mass is 16.5. The highest BCUT2D eigenvalue weighted by Crippen LogP contribution is 2.32. The van der Waals surface area contributed by atoms with Gasteiger partial charge in [-0.15, -0.1) is 5.10 Å². The fourth-order valence-electron chi connectivity index (χ4n) is 3.63. The number of aromatic nitrogens is 3. The summed E-state index contributed by atoms with van der Waals surface area (Å²) >= 11 is 0. The summed E-state index contributed by atoms with van der Waals surface area (Å²) in [6.07, 6.45) is 4.83. The third kappa shape index (κ3) is 3.86. The molecule has 4 rings (SSSR count). The number of aryl methyl sites for hydroxylation is 1. The summed E-state index contributed by atoms with van der Waals surface area (Å²) in [5.41, 5.74) is 2.90. The van der Waals surface area contributed by atoms with Crippen molar-refractivity contribution in [3.8, 4) is 17.4 Å². The summed E-state index contributed by atoms with van der Waals surface area (Å²) in [6.45, 7) is 5.90. The smallest absolute Gasteiger partial charge is 0.238 e. The Morgan fingerprint density at radius 1 is 1.30 bits per heavy atom. The molecular formula is C19H27N5O3. The van der Waals surface area contributed by atoms with E-state index >= 15 is 0 Å². The van der Waals surface area contributed by atoms with Gasteiger partial charge in [0.15, 0.2) is 0 Å². The molecule has 2 aromatic rings. The van der Waals surface area contributed by atoms with Gasteiger partial charge in [0.25, 0.3) is 0 Å². The van der Waals surface area contributed by atoms with Gasteiger partial charge in [0.1, 0.15) is 12.5 Å². The van der Waals surface area contributed by atoms with E-state index in [9.17, 15) is 0 Å². The van der Waals surface area contributed by atoms with Gasteiger partial charge in [-0.25, -0.2) is 9.67 Å². The van der Waals surface area contributed by atoms with E-state index in [0.29, 0.717) is 37.6 Å². The van der Waals surface area contributed by atoms with E-state index in [-0.39, 0.29) is 0 Å². The summed E-state index contributed by atoms with van der Waals surface area (Å²) in [5, 5.41) is 11.5. The lowest BCUT2D eigenvalue weighted by atomic mass is 9.99. The fraction of sp³-hybridized carbons (Fsp3) is 0.579. The van der Waals surface area contributed by atoms with Crippen molar-refractivity contribution in [3.63, 3.8) is 0 Å². The Hall–Kier alpha value is -2.32. The van der Waals surface area contributed by atoms with Crippen molar-refractivity contribution in [3.05, 3.63) is 23.4 Å². The Balaban J connectivity index is 1.63. The van der Waals surface area contributed by atoms with Gasteiger partial charge in [0.2, 0.25) is 11.8 Å². The molecule has 4 heterocycles. The maximum absolute atomic E-state index is 6.18. The number of hydrogen-bond donors (Lipinski definition) is 2. The average molecular weight is 373 g/mol. The van der Waals surface area contributed by atoms with Gasteiger partial charge < -0.3 is 24.8 Å². The molecule has 2 aliphatic heterocycles. The molecule has 0 radical (unpaired) electrons. The summed E-state index contributed by atoms with van der Waals surface area (Å²) in [4.78, 5) is 4.38. The van der Waals surface area contributed by atoms with Crippen molar-refractivity contribution in [1.82, 2.24) is 20.1 Å². The lowest BCUT2D eigenvalue weighted by Crippen LogP contribution is -2.30. The zero-order chi connectivity index (χ0) is 18.6. The molecule has 0 spiro atoms. The molecule has 0 aromatic carbocycles. The van der Waals surface area contributed by atoms with Crippen LogP contribution in [0.1, 0.15) is 24.0 Å². The third-order valence-corrected chi connectivity index (χ3v) is 5.15. The number of fused-ring (bicyclic) bond motifs is 1. The normalized spacial score (nSPS) is 17.7. The zero-order valence-corrected chi connectivity index (χ0v) is 16.0. The van der Waals surface area contributed by atoms with Gasteiger partial charge >= 0.3 is 0 Å². The summed E-state index contributed by atoms with van der Waals surface area (Å²) in [6, 6.07) is 2.02. The molecule has 2 aromatic heterocycles. The fourth-order valence-corrected chi connectivity index (χ4v) is 3.63. The van der Waals surface area contributed by atoms with Gasteiger partial charge in [-0.05, 0) is 44.8 Å². The van der Waals surface area contributed by atoms with E-state index in [1.54, 1.807) is 13.3 Å². The highest BCUT2D eigenvalue weighted by molar-refractivity contribution is 5.56. The summed E-state index contributed by atoms with van der Waals surface area (Å²) in [5.74, 6) is 2.80. The minimum atomic E-state index is 0.453. The Labute approximate surface area is 159 Å². The topological polar surface area (TPSA) is 82.5 Å². The molecule has 27 heavy (non-hydrogen) atoms. The Morgan fingerprint density at radius 2 is 2.15 bits per heavy atom. The quantitative estimate of drug-likeness (QED) is 0.828. The molecule has 0 unspecified atom stereocenters. The second kappa shape index (κ2) is 8.14. The van der Waals surface area contributed by atoms with E-state index < -0.39 is 0 Å². The minimum Gasteiger partial charge on any atom is -0.481 e. The first-order chi connectivity index (χ1) is 13.3. The number of ether oxygens (including phenoxy) is 3. The molecule has 0 aliphatic carbocycles. The molecule has 8 heteroatoms. The first-order valence-corrected chi connectivity index (χ1v) is 9.54. The van der Waals surface area contributed by atoms with Crippen LogP contribution in [0.2, 0.25) is 0 Å². The van der Waals surface area contributed by atoms with Gasteiger partial charge in [-0.3, -0.25) is 0 Å². The number of methoxy groups -OCH3 is 1. The van der Waals surface area contributed by atoms with Crippen LogP contribution in [-0.4, -0.2) is 54.9 Å². The van der Waals surface area contributed by atoms with Crippen LogP contribution in [0, 0.1) is 12.8 Å². The van der Waals surface area contributed by atoms with E-state index in [4.69, 9.17) is 19.3 Å². The molecular weight excluding hydrogens is 346 g/mol. The molecule has 0 saturated carbocycles. The Kier molecular flexibility index (Phi) is 5.45. The first kappa shape index (κ1) is 18.1. The van der Waals surface area contributed by atoms with Gasteiger partial charge in [-0.2, -0.15) is 0 Å². The predicted molar refractivity (Wildman–Crippen MR) is 102 cm³/mol. The molecule has 1 saturated heterocycles. The first-order valence-electron chi connectivity index (χ1n) is 9.54. The Morgan fingerprint density at radius 3 is 2.93 bits per heavy atom. The van der Waals surface area contributed by atoms with Crippen molar-refractivity contribution in [2.24, 2.45) is 5.92 Å². The monoisotopic (exact) mass is 373 g/mol. The lowest BCUT2D eigenvalue weighted by Gasteiger charge is -2.22. The maximum atomic E-state index is 6.18. The lowest BCUT2D eigenvalue weighted by molar-refractivity contribution is 0.157. The van der Waals surface area contributed by atoms with Crippen molar-refractivity contribution in [1.29, 1.82) is 0 Å². The van der Waals surface area contributed by atoms with Crippen LogP contribution in [0.15, 0.2) is 12.3 Å². The van der Waals surface area contributed by atoms with Gasteiger partial charge in [0, 0.05) is 12.0 Å². The van der Waals surface area contributed by atoms with Crippen LogP contribution in [-0.2, 0) is 11.2 Å². The minimum absolute atomic E-state index is 0.453. The molecule has 1 fully saturated rings. The van der Waals surface area contributed by atoms with E-state index in [2.05, 4.69) is 15.6 Å². The molecule has 0 bridgehead atoms. The van der Waals surface area contributed by atoms with Gasteiger partial charge in [0.05, 0.1) is 37.8 Å². The number of pyridine rings is 1. The number of hydrogen-bond acceptors (Lipinski definition) is 7. The van der Waals surface area contributed by atoms with Crippen LogP contribution in [0.4, 0.5) is 5.82 Å². The zero-order valence-electron chi connectivity index (χ0n) is 16.0. The van der Waals surface area contributed by atoms with E-state index in [1.807, 2.05) is 17.7 Å². The molecule has 8 nitrogen and oxygen atoms in total. The van der Waals surface area contributed by atoms with Crippen molar-refractivity contribution < 1.29 is 14.2 Å². The van der Waals surface area contributed by atoms with Crippen molar-refractivity contribution in [2.75, 3.05) is 45.5 Å². The highest BCUT2D eigenvalue weighted by Gasteiger charge is 2.24. The standard InChI is InChI=1S/C19H27N5O3/c1-13-9-15(10-21-18(13)25-2)24-17-16(5-8-26-12-22-17)19(23-24)27-11-14-3-6-20-7-4-14/h9-10,14,20,22H,3-8,11-12H2,1-2H3. The number of nitrogens with one attached hydrogen (secondary N) is 2. The van der Waals surface area contributed by atoms with Crippen LogP contribution < -0.4 is 20.1 Å². The second-order valence-corrected chi connectivity index (χ2v) is 7.05. The molecule has 0 amide bonds. The van der Waals surface area contributed by atoms with Crippen LogP contribution in [0.5, 0.6) is 11.8 Å². The largest absolute Gasteiger partial charge is 0.481 e. The molecule has 146 valence electrons.